The van der Waals surface area contributed by atoms with Gasteiger partial charge in [-0.15, -0.1) is 0 Å². The van der Waals surface area contributed by atoms with Crippen molar-refractivity contribution in [1.29, 1.82) is 0 Å². The molecular formula is C12H16FN3O5. The SMILES string of the molecule is O=C(CCCCCCC(=O)n1cc(F)c(=O)[nH]c1=O)NO. The summed E-state index contributed by atoms with van der Waals surface area (Å²) in [6.07, 6.45) is 3.14. The van der Waals surface area contributed by atoms with Gasteiger partial charge in [-0.1, -0.05) is 12.8 Å². The molecule has 21 heavy (non-hydrogen) atoms. The third-order valence-electron chi connectivity index (χ3n) is 2.84. The average molecular weight is 301 g/mol. The van der Waals surface area contributed by atoms with E-state index in [0.717, 1.165) is 0 Å². The predicted molar refractivity (Wildman–Crippen MR) is 69.5 cm³/mol. The van der Waals surface area contributed by atoms with E-state index >= 15 is 0 Å². The van der Waals surface area contributed by atoms with Crippen LogP contribution >= 0.6 is 0 Å². The van der Waals surface area contributed by atoms with Crippen LogP contribution in [-0.2, 0) is 4.79 Å². The van der Waals surface area contributed by atoms with Gasteiger partial charge in [-0.25, -0.2) is 14.8 Å². The van der Waals surface area contributed by atoms with Crippen molar-refractivity contribution < 1.29 is 19.2 Å². The summed E-state index contributed by atoms with van der Waals surface area (Å²) < 4.78 is 13.5. The lowest BCUT2D eigenvalue weighted by Gasteiger charge is -2.04. The highest BCUT2D eigenvalue weighted by Crippen LogP contribution is 2.06. The number of amides is 1. The van der Waals surface area contributed by atoms with Gasteiger partial charge in [-0.3, -0.25) is 24.6 Å². The van der Waals surface area contributed by atoms with E-state index in [1.165, 1.54) is 5.48 Å². The summed E-state index contributed by atoms with van der Waals surface area (Å²) in [5, 5.41) is 8.27. The van der Waals surface area contributed by atoms with Gasteiger partial charge in [-0.05, 0) is 12.8 Å². The number of H-pyrrole nitrogens is 1. The molecule has 0 aliphatic heterocycles. The van der Waals surface area contributed by atoms with Crippen molar-refractivity contribution in [3.8, 4) is 0 Å². The lowest BCUT2D eigenvalue weighted by molar-refractivity contribution is -0.129. The molecule has 1 heterocycles. The molecule has 0 atom stereocenters. The summed E-state index contributed by atoms with van der Waals surface area (Å²) in [7, 11) is 0. The summed E-state index contributed by atoms with van der Waals surface area (Å²) in [5.41, 5.74) is -0.612. The van der Waals surface area contributed by atoms with Crippen molar-refractivity contribution in [3.05, 3.63) is 32.9 Å². The largest absolute Gasteiger partial charge is 0.335 e. The van der Waals surface area contributed by atoms with E-state index in [9.17, 15) is 23.6 Å². The Morgan fingerprint density at radius 2 is 1.81 bits per heavy atom. The molecule has 0 saturated carbocycles. The molecule has 1 amide bonds. The molecule has 3 N–H and O–H groups in total. The van der Waals surface area contributed by atoms with E-state index in [0.29, 0.717) is 36.4 Å². The Hall–Kier alpha value is -2.29. The van der Waals surface area contributed by atoms with Gasteiger partial charge < -0.3 is 0 Å². The maximum absolute atomic E-state index is 13.0. The number of rotatable bonds is 7. The van der Waals surface area contributed by atoms with Crippen LogP contribution < -0.4 is 16.7 Å². The zero-order chi connectivity index (χ0) is 15.8. The summed E-state index contributed by atoms with van der Waals surface area (Å²) in [4.78, 5) is 46.3. The number of unbranched alkanes of at least 4 members (excludes halogenated alkanes) is 3. The zero-order valence-electron chi connectivity index (χ0n) is 11.2. The van der Waals surface area contributed by atoms with Gasteiger partial charge in [0.15, 0.2) is 0 Å². The van der Waals surface area contributed by atoms with Crippen LogP contribution in [0.3, 0.4) is 0 Å². The van der Waals surface area contributed by atoms with Crippen LogP contribution in [0.2, 0.25) is 0 Å². The van der Waals surface area contributed by atoms with Crippen LogP contribution in [0.15, 0.2) is 15.8 Å². The van der Waals surface area contributed by atoms with E-state index < -0.39 is 28.9 Å². The minimum atomic E-state index is -1.20. The highest BCUT2D eigenvalue weighted by atomic mass is 19.1. The summed E-state index contributed by atoms with van der Waals surface area (Å²) >= 11 is 0. The number of hydrogen-bond donors (Lipinski definition) is 3. The Kier molecular flexibility index (Phi) is 6.47. The van der Waals surface area contributed by atoms with E-state index in [4.69, 9.17) is 5.21 Å². The predicted octanol–water partition coefficient (Wildman–Crippen LogP) is 0.162. The second-order valence-electron chi connectivity index (χ2n) is 4.45. The number of carbonyl (C=O) groups excluding carboxylic acids is 2. The minimum absolute atomic E-state index is 0.0254. The molecule has 0 unspecified atom stereocenters. The molecule has 0 aliphatic carbocycles. The first-order valence-corrected chi connectivity index (χ1v) is 6.43. The fourth-order valence-corrected chi connectivity index (χ4v) is 1.72. The maximum atomic E-state index is 13.0. The first kappa shape index (κ1) is 16.8. The normalized spacial score (nSPS) is 10.4. The Balaban J connectivity index is 2.38. The van der Waals surface area contributed by atoms with Crippen LogP contribution in [0.1, 0.15) is 43.3 Å². The van der Waals surface area contributed by atoms with Gasteiger partial charge in [0.05, 0.1) is 6.20 Å². The molecule has 116 valence electrons. The Morgan fingerprint density at radius 3 is 2.43 bits per heavy atom. The fraction of sp³-hybridized carbons (Fsp3) is 0.500. The lowest BCUT2D eigenvalue weighted by Crippen LogP contribution is -2.34. The van der Waals surface area contributed by atoms with E-state index in [2.05, 4.69) is 0 Å². The molecular weight excluding hydrogens is 285 g/mol. The Morgan fingerprint density at radius 1 is 1.19 bits per heavy atom. The van der Waals surface area contributed by atoms with Crippen LogP contribution in [-0.4, -0.2) is 26.6 Å². The second kappa shape index (κ2) is 8.10. The standard InChI is InChI=1S/C12H16FN3O5/c13-8-7-16(12(20)14-11(8)19)10(18)6-4-2-1-3-5-9(17)15-21/h7,21H,1-6H2,(H,15,17)(H,14,19,20). The van der Waals surface area contributed by atoms with Crippen molar-refractivity contribution in [2.24, 2.45) is 0 Å². The van der Waals surface area contributed by atoms with E-state index in [1.807, 2.05) is 0 Å². The topological polar surface area (TPSA) is 121 Å². The molecule has 0 spiro atoms. The number of nitrogens with one attached hydrogen (secondary N) is 2. The number of aromatic nitrogens is 2. The number of carbonyl (C=O) groups is 2. The van der Waals surface area contributed by atoms with Crippen molar-refractivity contribution in [2.75, 3.05) is 0 Å². The highest BCUT2D eigenvalue weighted by Gasteiger charge is 2.10. The highest BCUT2D eigenvalue weighted by molar-refractivity contribution is 5.78. The molecule has 8 nitrogen and oxygen atoms in total. The monoisotopic (exact) mass is 301 g/mol. The molecule has 0 radical (unpaired) electrons. The minimum Gasteiger partial charge on any atom is -0.289 e. The van der Waals surface area contributed by atoms with Gasteiger partial charge in [0.2, 0.25) is 17.6 Å². The van der Waals surface area contributed by atoms with Crippen LogP contribution in [0, 0.1) is 5.82 Å². The van der Waals surface area contributed by atoms with Gasteiger partial charge in [0.25, 0.3) is 5.56 Å². The number of aromatic amines is 1. The van der Waals surface area contributed by atoms with Gasteiger partial charge in [-0.2, -0.15) is 4.39 Å². The average Bonchev–Trinajstić information content (AvgIpc) is 2.45. The molecule has 1 aromatic heterocycles. The third kappa shape index (κ3) is 5.30. The molecule has 0 fully saturated rings. The summed E-state index contributed by atoms with van der Waals surface area (Å²) in [5.74, 6) is -2.28. The second-order valence-corrected chi connectivity index (χ2v) is 4.45. The van der Waals surface area contributed by atoms with Crippen molar-refractivity contribution in [3.63, 3.8) is 0 Å². The molecule has 0 saturated heterocycles. The quantitative estimate of drug-likeness (QED) is 0.376. The number of nitrogens with zero attached hydrogens (tertiary/aromatic N) is 1. The van der Waals surface area contributed by atoms with E-state index in [1.54, 1.807) is 4.98 Å². The summed E-state index contributed by atoms with van der Waals surface area (Å²) in [6.45, 7) is 0. The van der Waals surface area contributed by atoms with Crippen LogP contribution in [0.25, 0.3) is 0 Å². The van der Waals surface area contributed by atoms with Gasteiger partial charge in [0, 0.05) is 12.8 Å². The molecule has 0 bridgehead atoms. The fourth-order valence-electron chi connectivity index (χ4n) is 1.72. The third-order valence-corrected chi connectivity index (χ3v) is 2.84. The molecule has 0 aromatic carbocycles. The lowest BCUT2D eigenvalue weighted by atomic mass is 10.1. The van der Waals surface area contributed by atoms with Gasteiger partial charge in [0.1, 0.15) is 0 Å². The van der Waals surface area contributed by atoms with Crippen LogP contribution in [0.4, 0.5) is 4.39 Å². The Labute approximate surface area is 118 Å². The molecule has 1 aromatic rings. The number of hydrogen-bond acceptors (Lipinski definition) is 5. The first-order valence-electron chi connectivity index (χ1n) is 6.43. The molecule has 0 aliphatic rings. The van der Waals surface area contributed by atoms with Crippen molar-refractivity contribution >= 4 is 11.8 Å². The molecule has 1 rings (SSSR count). The van der Waals surface area contributed by atoms with Gasteiger partial charge >= 0.3 is 5.69 Å². The Bertz CT molecular complexity index is 622. The van der Waals surface area contributed by atoms with Crippen molar-refractivity contribution in [2.45, 2.75) is 38.5 Å². The number of halogens is 1. The molecule has 9 heteroatoms. The summed E-state index contributed by atoms with van der Waals surface area (Å²) in [6, 6.07) is 0. The van der Waals surface area contributed by atoms with Crippen molar-refractivity contribution in [1.82, 2.24) is 15.0 Å². The first-order chi connectivity index (χ1) is 9.95. The smallest absolute Gasteiger partial charge is 0.289 e. The van der Waals surface area contributed by atoms with E-state index in [-0.39, 0.29) is 12.8 Å². The maximum Gasteiger partial charge on any atom is 0.335 e. The number of hydroxylamine groups is 1. The zero-order valence-corrected chi connectivity index (χ0v) is 11.2. The van der Waals surface area contributed by atoms with Crippen LogP contribution in [0.5, 0.6) is 0 Å².